The third-order valence-electron chi connectivity index (χ3n) is 3.49. The minimum absolute atomic E-state index is 0.0389. The Bertz CT molecular complexity index is 969. The summed E-state index contributed by atoms with van der Waals surface area (Å²) in [7, 11) is 0. The molecule has 1 heterocycles. The van der Waals surface area contributed by atoms with E-state index >= 15 is 0 Å². The molecular weight excluding hydrogens is 418 g/mol. The van der Waals surface area contributed by atoms with Gasteiger partial charge >= 0.3 is 0 Å². The summed E-state index contributed by atoms with van der Waals surface area (Å²) in [4.78, 5) is 12.3. The van der Waals surface area contributed by atoms with E-state index in [1.165, 1.54) is 4.68 Å². The zero-order valence-corrected chi connectivity index (χ0v) is 16.3. The van der Waals surface area contributed by atoms with Gasteiger partial charge in [-0.2, -0.15) is 0 Å². The van der Waals surface area contributed by atoms with Crippen molar-refractivity contribution in [3.05, 3.63) is 69.3 Å². The Labute approximate surface area is 163 Å². The van der Waals surface area contributed by atoms with E-state index in [-0.39, 0.29) is 23.9 Å². The second-order valence-corrected chi connectivity index (χ2v) is 6.74. The maximum Gasteiger partial charge on any atom is 0.287 e. The molecule has 134 valence electrons. The van der Waals surface area contributed by atoms with E-state index in [9.17, 15) is 4.79 Å². The van der Waals surface area contributed by atoms with Gasteiger partial charge in [0.2, 0.25) is 5.91 Å². The van der Waals surface area contributed by atoms with Gasteiger partial charge in [0.15, 0.2) is 6.61 Å². The lowest BCUT2D eigenvalue weighted by atomic mass is 10.2. The molecule has 0 aliphatic heterocycles. The fraction of sp³-hybridized carbons (Fsp3) is 0.167. The van der Waals surface area contributed by atoms with Gasteiger partial charge in [-0.3, -0.25) is 4.79 Å². The average molecular weight is 434 g/mol. The highest BCUT2D eigenvalue weighted by molar-refractivity contribution is 9.10. The maximum atomic E-state index is 12.2. The van der Waals surface area contributed by atoms with Crippen LogP contribution in [0.25, 0.3) is 0 Å². The fourth-order valence-corrected chi connectivity index (χ4v) is 2.68. The number of rotatable bonds is 6. The lowest BCUT2D eigenvalue weighted by Crippen LogP contribution is -2.19. The highest BCUT2D eigenvalue weighted by Gasteiger charge is 2.11. The number of hydrogen-bond donors (Lipinski definition) is 1. The Balaban J connectivity index is 1.60. The lowest BCUT2D eigenvalue weighted by Gasteiger charge is -2.06. The number of hydrogen-bond acceptors (Lipinski definition) is 5. The topological polar surface area (TPSA) is 69.3 Å². The van der Waals surface area contributed by atoms with Gasteiger partial charge in [0, 0.05) is 10.2 Å². The predicted molar refractivity (Wildman–Crippen MR) is 104 cm³/mol. The summed E-state index contributed by atoms with van der Waals surface area (Å²) >= 11 is 8.55. The van der Waals surface area contributed by atoms with E-state index in [4.69, 9.17) is 21.4 Å². The van der Waals surface area contributed by atoms with Crippen LogP contribution < -0.4 is 10.1 Å². The summed E-state index contributed by atoms with van der Waals surface area (Å²) in [6.07, 6.45) is 0. The second-order valence-electron chi connectivity index (χ2n) is 5.53. The minimum Gasteiger partial charge on any atom is -0.484 e. The summed E-state index contributed by atoms with van der Waals surface area (Å²) < 4.78 is 13.3. The van der Waals surface area contributed by atoms with Gasteiger partial charge in [0.05, 0.1) is 0 Å². The molecule has 3 rings (SSSR count). The van der Waals surface area contributed by atoms with Gasteiger partial charge in [0.25, 0.3) is 10.7 Å². The zero-order valence-electron chi connectivity index (χ0n) is 13.9. The molecule has 1 amide bonds. The molecule has 0 spiro atoms. The van der Waals surface area contributed by atoms with Crippen LogP contribution in [-0.4, -0.2) is 15.7 Å². The summed E-state index contributed by atoms with van der Waals surface area (Å²) in [5.74, 6) is 0.768. The van der Waals surface area contributed by atoms with Crippen molar-refractivity contribution in [2.24, 2.45) is 0 Å². The quantitative estimate of drug-likeness (QED) is 0.579. The first-order chi connectivity index (χ1) is 12.5. The first-order valence-electron chi connectivity index (χ1n) is 7.82. The van der Waals surface area contributed by atoms with E-state index in [1.807, 2.05) is 55.5 Å². The monoisotopic (exact) mass is 433 g/mol. The largest absolute Gasteiger partial charge is 0.484 e. The maximum absolute atomic E-state index is 12.2. The molecule has 26 heavy (non-hydrogen) atoms. The highest BCUT2D eigenvalue weighted by Crippen LogP contribution is 2.20. The van der Waals surface area contributed by atoms with Gasteiger partial charge in [-0.25, -0.2) is 4.68 Å². The summed E-state index contributed by atoms with van der Waals surface area (Å²) in [5, 5.41) is 7.00. The first kappa shape index (κ1) is 18.3. The number of carbonyl (C=O) groups excluding carboxylic acids is 1. The van der Waals surface area contributed by atoms with Crippen LogP contribution in [0.15, 0.2) is 57.4 Å². The van der Waals surface area contributed by atoms with Crippen LogP contribution in [0.4, 0.5) is 5.69 Å². The number of benzene rings is 2. The van der Waals surface area contributed by atoms with Crippen molar-refractivity contribution in [3.8, 4) is 5.75 Å². The molecule has 0 aliphatic carbocycles. The third kappa shape index (κ3) is 4.80. The molecule has 8 heteroatoms. The Hall–Kier alpha value is -2.45. The Morgan fingerprint density at radius 1 is 1.31 bits per heavy atom. The molecule has 0 saturated carbocycles. The van der Waals surface area contributed by atoms with Crippen LogP contribution in [0.3, 0.4) is 0 Å². The molecule has 1 N–H and O–H groups in total. The summed E-state index contributed by atoms with van der Waals surface area (Å²) in [6.45, 7) is 2.05. The van der Waals surface area contributed by atoms with Crippen LogP contribution in [0.2, 0.25) is 0 Å². The second kappa shape index (κ2) is 8.29. The number of anilines is 1. The first-order valence-corrected chi connectivity index (χ1v) is 9.02. The van der Waals surface area contributed by atoms with Gasteiger partial charge in [-0.1, -0.05) is 34.1 Å². The van der Waals surface area contributed by atoms with E-state index in [2.05, 4.69) is 26.3 Å². The molecule has 2 aromatic carbocycles. The average Bonchev–Trinajstić information content (AvgIpc) is 2.97. The fourth-order valence-electron chi connectivity index (χ4n) is 2.23. The lowest BCUT2D eigenvalue weighted by molar-refractivity contribution is -0.117. The molecule has 0 unspecified atom stereocenters. The minimum atomic E-state index is -0.244. The van der Waals surface area contributed by atoms with Gasteiger partial charge in [0.1, 0.15) is 12.3 Å². The predicted octanol–water partition coefficient (Wildman–Crippen LogP) is 4.49. The number of aryl methyl sites for hydroxylation is 1. The molecule has 0 saturated heterocycles. The Kier molecular flexibility index (Phi) is 5.85. The van der Waals surface area contributed by atoms with E-state index in [0.717, 1.165) is 10.0 Å². The molecule has 0 bridgehead atoms. The van der Waals surface area contributed by atoms with Crippen molar-refractivity contribution in [3.63, 3.8) is 0 Å². The number of nitrogens with zero attached hydrogens (tertiary/aromatic N) is 2. The van der Waals surface area contributed by atoms with Crippen LogP contribution in [-0.2, 0) is 17.9 Å². The third-order valence-corrected chi connectivity index (χ3v) is 4.67. The van der Waals surface area contributed by atoms with E-state index < -0.39 is 0 Å². The Morgan fingerprint density at radius 3 is 2.81 bits per heavy atom. The molecule has 6 nitrogen and oxygen atoms in total. The highest BCUT2D eigenvalue weighted by atomic mass is 79.9. The molecule has 0 aliphatic rings. The number of para-hydroxylation sites is 1. The molecule has 0 fully saturated rings. The van der Waals surface area contributed by atoms with Crippen LogP contribution in [0, 0.1) is 11.8 Å². The number of nitrogens with one attached hydrogen (secondary N) is 1. The summed E-state index contributed by atoms with van der Waals surface area (Å²) in [6, 6.07) is 14.9. The smallest absolute Gasteiger partial charge is 0.287 e. The Morgan fingerprint density at radius 2 is 2.08 bits per heavy atom. The van der Waals surface area contributed by atoms with Crippen molar-refractivity contribution >= 4 is 39.7 Å². The van der Waals surface area contributed by atoms with Crippen LogP contribution >= 0.6 is 28.1 Å². The number of carbonyl (C=O) groups is 1. The van der Waals surface area contributed by atoms with Crippen molar-refractivity contribution < 1.29 is 13.9 Å². The van der Waals surface area contributed by atoms with Gasteiger partial charge in [-0.15, -0.1) is 5.10 Å². The van der Waals surface area contributed by atoms with Gasteiger partial charge < -0.3 is 14.5 Å². The van der Waals surface area contributed by atoms with Crippen molar-refractivity contribution in [1.29, 1.82) is 0 Å². The SMILES string of the molecule is Cc1cc(NC(=O)Cn2nc(COc3ccccc3)oc2=S)ccc1Br. The van der Waals surface area contributed by atoms with E-state index in [0.29, 0.717) is 17.3 Å². The normalized spacial score (nSPS) is 10.5. The molecule has 1 aromatic heterocycles. The van der Waals surface area contributed by atoms with Crippen LogP contribution in [0.1, 0.15) is 11.5 Å². The molecule has 3 aromatic rings. The number of ether oxygens (including phenoxy) is 1. The van der Waals surface area contributed by atoms with Gasteiger partial charge in [-0.05, 0) is 55.0 Å². The number of halogens is 1. The molecule has 0 radical (unpaired) electrons. The standard InChI is InChI=1S/C18H16BrN3O3S/c1-12-9-13(7-8-15(12)19)20-16(23)10-22-18(26)25-17(21-22)11-24-14-5-3-2-4-6-14/h2-9H,10-11H2,1H3,(H,20,23). The summed E-state index contributed by atoms with van der Waals surface area (Å²) in [5.41, 5.74) is 1.74. The molecular formula is C18H16BrN3O3S. The number of aromatic nitrogens is 2. The van der Waals surface area contributed by atoms with Crippen molar-refractivity contribution in [1.82, 2.24) is 9.78 Å². The zero-order chi connectivity index (χ0) is 18.5. The van der Waals surface area contributed by atoms with Crippen molar-refractivity contribution in [2.75, 3.05) is 5.32 Å². The number of amides is 1. The van der Waals surface area contributed by atoms with E-state index in [1.54, 1.807) is 0 Å². The van der Waals surface area contributed by atoms with Crippen molar-refractivity contribution in [2.45, 2.75) is 20.1 Å². The molecule has 0 atom stereocenters. The van der Waals surface area contributed by atoms with Crippen LogP contribution in [0.5, 0.6) is 5.75 Å².